The van der Waals surface area contributed by atoms with Gasteiger partial charge < -0.3 is 9.80 Å². The molecule has 0 atom stereocenters. The van der Waals surface area contributed by atoms with Crippen LogP contribution in [0.1, 0.15) is 43.1 Å². The van der Waals surface area contributed by atoms with Crippen LogP contribution in [-0.4, -0.2) is 71.4 Å². The third-order valence-corrected chi connectivity index (χ3v) is 6.07. The second kappa shape index (κ2) is 8.96. The van der Waals surface area contributed by atoms with Gasteiger partial charge in [-0.25, -0.2) is 0 Å². The van der Waals surface area contributed by atoms with Crippen LogP contribution >= 0.6 is 0 Å². The summed E-state index contributed by atoms with van der Waals surface area (Å²) >= 11 is 0. The van der Waals surface area contributed by atoms with Gasteiger partial charge >= 0.3 is 0 Å². The molecule has 2 aliphatic heterocycles. The van der Waals surface area contributed by atoms with Crippen molar-refractivity contribution < 1.29 is 4.79 Å². The Morgan fingerprint density at radius 3 is 2.35 bits per heavy atom. The van der Waals surface area contributed by atoms with Crippen LogP contribution in [0.5, 0.6) is 0 Å². The van der Waals surface area contributed by atoms with E-state index >= 15 is 0 Å². The van der Waals surface area contributed by atoms with Crippen LogP contribution in [0.4, 0.5) is 0 Å². The summed E-state index contributed by atoms with van der Waals surface area (Å²) in [7, 11) is 0. The van der Waals surface area contributed by atoms with E-state index in [4.69, 9.17) is 0 Å². The Balaban J connectivity index is 1.41. The molecular formula is C21H34N4O. The van der Waals surface area contributed by atoms with Crippen LogP contribution in [0.15, 0.2) is 12.1 Å². The molecule has 2 fully saturated rings. The maximum atomic E-state index is 12.6. The molecule has 1 aromatic rings. The van der Waals surface area contributed by atoms with E-state index < -0.39 is 0 Å². The quantitative estimate of drug-likeness (QED) is 0.811. The van der Waals surface area contributed by atoms with Crippen molar-refractivity contribution in [2.45, 2.75) is 46.6 Å². The highest BCUT2D eigenvalue weighted by Gasteiger charge is 2.26. The summed E-state index contributed by atoms with van der Waals surface area (Å²) in [4.78, 5) is 24.2. The van der Waals surface area contributed by atoms with Gasteiger partial charge in [-0.3, -0.25) is 14.7 Å². The predicted molar refractivity (Wildman–Crippen MR) is 105 cm³/mol. The number of piperazine rings is 1. The van der Waals surface area contributed by atoms with E-state index in [1.54, 1.807) is 0 Å². The lowest BCUT2D eigenvalue weighted by molar-refractivity contribution is -0.134. The number of carbonyl (C=O) groups is 1. The van der Waals surface area contributed by atoms with Gasteiger partial charge in [0, 0.05) is 50.5 Å². The second-order valence-corrected chi connectivity index (χ2v) is 7.94. The van der Waals surface area contributed by atoms with Gasteiger partial charge in [0.2, 0.25) is 5.91 Å². The van der Waals surface area contributed by atoms with Crippen LogP contribution in [0.25, 0.3) is 0 Å². The molecule has 0 saturated carbocycles. The lowest BCUT2D eigenvalue weighted by atomic mass is 9.92. The zero-order chi connectivity index (χ0) is 18.5. The number of likely N-dealkylation sites (N-methyl/N-ethyl adjacent to an activating group) is 1. The number of carbonyl (C=O) groups excluding carboxylic acids is 1. The highest BCUT2D eigenvalue weighted by Crippen LogP contribution is 2.23. The first-order chi connectivity index (χ1) is 12.5. The van der Waals surface area contributed by atoms with Crippen molar-refractivity contribution in [2.24, 2.45) is 5.92 Å². The molecule has 5 heteroatoms. The number of hydrogen-bond donors (Lipinski definition) is 0. The SMILES string of the molecule is CCN1CCN(C(=O)CC2CCN(Cc3ccc(C)nc3C)CC2)CC1. The Kier molecular flexibility index (Phi) is 6.65. The second-order valence-electron chi connectivity index (χ2n) is 7.94. The minimum absolute atomic E-state index is 0.373. The van der Waals surface area contributed by atoms with Crippen molar-refractivity contribution in [1.29, 1.82) is 0 Å². The molecule has 1 amide bonds. The predicted octanol–water partition coefficient (Wildman–Crippen LogP) is 2.46. The number of nitrogens with zero attached hydrogens (tertiary/aromatic N) is 4. The summed E-state index contributed by atoms with van der Waals surface area (Å²) in [6, 6.07) is 4.31. The van der Waals surface area contributed by atoms with E-state index in [1.165, 1.54) is 5.56 Å². The Bertz CT molecular complexity index is 602. The number of amides is 1. The fraction of sp³-hybridized carbons (Fsp3) is 0.714. The number of aromatic nitrogens is 1. The highest BCUT2D eigenvalue weighted by atomic mass is 16.2. The molecule has 144 valence electrons. The maximum Gasteiger partial charge on any atom is 0.222 e. The molecule has 3 rings (SSSR count). The standard InChI is InChI=1S/C21H34N4O/c1-4-23-11-13-25(14-12-23)21(26)15-19-7-9-24(10-8-19)16-20-6-5-17(2)22-18(20)3/h5-6,19H,4,7-16H2,1-3H3. The van der Waals surface area contributed by atoms with E-state index in [-0.39, 0.29) is 0 Å². The first kappa shape index (κ1) is 19.3. The van der Waals surface area contributed by atoms with Gasteiger partial charge in [0.1, 0.15) is 0 Å². The van der Waals surface area contributed by atoms with Crippen LogP contribution in [0.2, 0.25) is 0 Å². The number of hydrogen-bond acceptors (Lipinski definition) is 4. The summed E-state index contributed by atoms with van der Waals surface area (Å²) in [5, 5.41) is 0. The van der Waals surface area contributed by atoms with Gasteiger partial charge in [0.25, 0.3) is 0 Å². The molecule has 0 radical (unpaired) electrons. The van der Waals surface area contributed by atoms with Crippen LogP contribution in [-0.2, 0) is 11.3 Å². The molecule has 2 aliphatic rings. The van der Waals surface area contributed by atoms with Crippen LogP contribution < -0.4 is 0 Å². The van der Waals surface area contributed by atoms with Gasteiger partial charge in [0.05, 0.1) is 0 Å². The average molecular weight is 359 g/mol. The molecule has 3 heterocycles. The fourth-order valence-electron chi connectivity index (χ4n) is 4.16. The van der Waals surface area contributed by atoms with Crippen molar-refractivity contribution in [2.75, 3.05) is 45.8 Å². The third kappa shape index (κ3) is 5.04. The molecule has 1 aromatic heterocycles. The minimum Gasteiger partial charge on any atom is -0.340 e. The van der Waals surface area contributed by atoms with E-state index in [2.05, 4.69) is 45.7 Å². The topological polar surface area (TPSA) is 39.7 Å². The monoisotopic (exact) mass is 358 g/mol. The van der Waals surface area contributed by atoms with Crippen molar-refractivity contribution in [3.05, 3.63) is 29.1 Å². The summed E-state index contributed by atoms with van der Waals surface area (Å²) in [6.45, 7) is 14.5. The van der Waals surface area contributed by atoms with E-state index in [0.717, 1.165) is 83.0 Å². The van der Waals surface area contributed by atoms with Crippen molar-refractivity contribution in [3.8, 4) is 0 Å². The Hall–Kier alpha value is -1.46. The highest BCUT2D eigenvalue weighted by molar-refractivity contribution is 5.76. The Morgan fingerprint density at radius 1 is 1.04 bits per heavy atom. The first-order valence-corrected chi connectivity index (χ1v) is 10.2. The van der Waals surface area contributed by atoms with Crippen molar-refractivity contribution in [1.82, 2.24) is 19.7 Å². The summed E-state index contributed by atoms with van der Waals surface area (Å²) < 4.78 is 0. The molecule has 0 aliphatic carbocycles. The number of rotatable bonds is 5. The van der Waals surface area contributed by atoms with Crippen LogP contribution in [0.3, 0.4) is 0 Å². The number of piperidine rings is 1. The maximum absolute atomic E-state index is 12.6. The van der Waals surface area contributed by atoms with Gasteiger partial charge in [-0.2, -0.15) is 0 Å². The average Bonchev–Trinajstić information content (AvgIpc) is 2.65. The van der Waals surface area contributed by atoms with Crippen molar-refractivity contribution in [3.63, 3.8) is 0 Å². The van der Waals surface area contributed by atoms with Gasteiger partial charge in [0.15, 0.2) is 0 Å². The molecule has 0 unspecified atom stereocenters. The molecule has 0 bridgehead atoms. The minimum atomic E-state index is 0.373. The smallest absolute Gasteiger partial charge is 0.222 e. The van der Waals surface area contributed by atoms with E-state index in [1.807, 2.05) is 6.92 Å². The molecule has 0 spiro atoms. The van der Waals surface area contributed by atoms with Gasteiger partial charge in [-0.1, -0.05) is 13.0 Å². The molecule has 0 N–H and O–H groups in total. The summed E-state index contributed by atoms with van der Waals surface area (Å²) in [6.07, 6.45) is 3.02. The van der Waals surface area contributed by atoms with Gasteiger partial charge in [-0.15, -0.1) is 0 Å². The lowest BCUT2D eigenvalue weighted by Crippen LogP contribution is -2.49. The van der Waals surface area contributed by atoms with Gasteiger partial charge in [-0.05, 0) is 63.9 Å². The summed E-state index contributed by atoms with van der Waals surface area (Å²) in [5.74, 6) is 0.929. The van der Waals surface area contributed by atoms with E-state index in [0.29, 0.717) is 11.8 Å². The molecule has 2 saturated heterocycles. The van der Waals surface area contributed by atoms with Crippen molar-refractivity contribution >= 4 is 5.91 Å². The van der Waals surface area contributed by atoms with Crippen LogP contribution in [0, 0.1) is 19.8 Å². The molecule has 26 heavy (non-hydrogen) atoms. The Morgan fingerprint density at radius 2 is 1.73 bits per heavy atom. The van der Waals surface area contributed by atoms with E-state index in [9.17, 15) is 4.79 Å². The first-order valence-electron chi connectivity index (χ1n) is 10.2. The third-order valence-electron chi connectivity index (χ3n) is 6.07. The zero-order valence-electron chi connectivity index (χ0n) is 16.7. The largest absolute Gasteiger partial charge is 0.340 e. The normalized spacial score (nSPS) is 20.5. The number of likely N-dealkylation sites (tertiary alicyclic amines) is 1. The molecular weight excluding hydrogens is 324 g/mol. The zero-order valence-corrected chi connectivity index (χ0v) is 16.7. The fourth-order valence-corrected chi connectivity index (χ4v) is 4.16. The molecule has 0 aromatic carbocycles. The number of pyridine rings is 1. The Labute approximate surface area is 158 Å². The number of aryl methyl sites for hydroxylation is 2. The summed E-state index contributed by atoms with van der Waals surface area (Å²) in [5.41, 5.74) is 3.57. The lowest BCUT2D eigenvalue weighted by Gasteiger charge is -2.36. The molecule has 5 nitrogen and oxygen atoms in total.